The van der Waals surface area contributed by atoms with Crippen LogP contribution in [-0.4, -0.2) is 21.3 Å². The molecule has 1 aliphatic rings. The molecular weight excluding hydrogens is 319 g/mol. The summed E-state index contributed by atoms with van der Waals surface area (Å²) in [6, 6.07) is 1.13. The maximum Gasteiger partial charge on any atom is 0.314 e. The van der Waals surface area contributed by atoms with Crippen LogP contribution in [0.1, 0.15) is 37.7 Å². The maximum atomic E-state index is 14.2. The predicted octanol–water partition coefficient (Wildman–Crippen LogP) is 3.29. The molecule has 0 bridgehead atoms. The van der Waals surface area contributed by atoms with Crippen LogP contribution < -0.4 is 0 Å². The van der Waals surface area contributed by atoms with Crippen LogP contribution in [0.3, 0.4) is 0 Å². The highest BCUT2D eigenvalue weighted by atomic mass is 79.9. The first kappa shape index (κ1) is 14.1. The highest BCUT2D eigenvalue weighted by Crippen LogP contribution is 2.47. The van der Waals surface area contributed by atoms with Crippen molar-refractivity contribution in [1.82, 2.24) is 0 Å². The quantitative estimate of drug-likeness (QED) is 0.726. The molecule has 104 valence electrons. The van der Waals surface area contributed by atoms with Crippen molar-refractivity contribution in [2.75, 3.05) is 0 Å². The molecule has 1 aromatic rings. The van der Waals surface area contributed by atoms with Gasteiger partial charge in [-0.2, -0.15) is 0 Å². The van der Waals surface area contributed by atoms with E-state index in [4.69, 9.17) is 0 Å². The lowest BCUT2D eigenvalue weighted by Gasteiger charge is -2.34. The van der Waals surface area contributed by atoms with E-state index in [0.29, 0.717) is 25.7 Å². The van der Waals surface area contributed by atoms with Crippen LogP contribution in [-0.2, 0) is 10.2 Å². The van der Waals surface area contributed by atoms with Crippen LogP contribution in [0, 0.1) is 5.82 Å². The number of hydrogen-bond acceptors (Lipinski definition) is 3. The van der Waals surface area contributed by atoms with Gasteiger partial charge in [-0.3, -0.25) is 4.79 Å². The van der Waals surface area contributed by atoms with Crippen LogP contribution in [0.25, 0.3) is 0 Å². The molecule has 2 rings (SSSR count). The van der Waals surface area contributed by atoms with E-state index in [-0.39, 0.29) is 10.0 Å². The zero-order valence-corrected chi connectivity index (χ0v) is 11.7. The first-order valence-corrected chi connectivity index (χ1v) is 6.83. The van der Waals surface area contributed by atoms with Gasteiger partial charge in [-0.1, -0.05) is 35.2 Å². The molecule has 0 aliphatic heterocycles. The molecule has 0 unspecified atom stereocenters. The Balaban J connectivity index is 2.67. The summed E-state index contributed by atoms with van der Waals surface area (Å²) in [7, 11) is 0. The highest BCUT2D eigenvalue weighted by molar-refractivity contribution is 9.10. The summed E-state index contributed by atoms with van der Waals surface area (Å²) in [6.07, 6.45) is 2.95. The second-order valence-electron chi connectivity index (χ2n) is 4.86. The Morgan fingerprint density at radius 3 is 2.37 bits per heavy atom. The second-order valence-corrected chi connectivity index (χ2v) is 5.72. The molecule has 0 spiro atoms. The van der Waals surface area contributed by atoms with E-state index in [1.165, 1.54) is 0 Å². The summed E-state index contributed by atoms with van der Waals surface area (Å²) in [5, 5.41) is 28.4. The first-order valence-electron chi connectivity index (χ1n) is 6.04. The number of aliphatic carboxylic acids is 1. The van der Waals surface area contributed by atoms with Gasteiger partial charge >= 0.3 is 5.97 Å². The van der Waals surface area contributed by atoms with Crippen molar-refractivity contribution < 1.29 is 24.5 Å². The van der Waals surface area contributed by atoms with Crippen LogP contribution in [0.2, 0.25) is 0 Å². The zero-order chi connectivity index (χ0) is 14.2. The van der Waals surface area contributed by atoms with Crippen molar-refractivity contribution in [1.29, 1.82) is 0 Å². The molecule has 0 radical (unpaired) electrons. The van der Waals surface area contributed by atoms with Gasteiger partial charge in [0.05, 0.1) is 5.41 Å². The Morgan fingerprint density at radius 2 is 1.84 bits per heavy atom. The molecule has 6 heteroatoms. The number of carbonyl (C=O) groups is 1. The van der Waals surface area contributed by atoms with Gasteiger partial charge in [-0.25, -0.2) is 4.39 Å². The van der Waals surface area contributed by atoms with E-state index in [9.17, 15) is 24.5 Å². The summed E-state index contributed by atoms with van der Waals surface area (Å²) in [5.41, 5.74) is -1.41. The summed E-state index contributed by atoms with van der Waals surface area (Å²) < 4.78 is 14.4. The molecule has 0 heterocycles. The topological polar surface area (TPSA) is 77.8 Å². The summed E-state index contributed by atoms with van der Waals surface area (Å²) in [4.78, 5) is 11.6. The van der Waals surface area contributed by atoms with Gasteiger partial charge < -0.3 is 15.3 Å². The smallest absolute Gasteiger partial charge is 0.314 e. The molecule has 0 atom stereocenters. The van der Waals surface area contributed by atoms with Gasteiger partial charge in [0, 0.05) is 10.0 Å². The number of carboxylic acid groups (broad SMARTS) is 1. The summed E-state index contributed by atoms with van der Waals surface area (Å²) in [6.45, 7) is 0. The van der Waals surface area contributed by atoms with Crippen LogP contribution in [0.15, 0.2) is 10.5 Å². The van der Waals surface area contributed by atoms with Crippen molar-refractivity contribution in [2.24, 2.45) is 0 Å². The standard InChI is InChI=1S/C13H14BrFO4/c14-7-6-8(16)11(17)10(15)9(7)13(12(18)19)4-2-1-3-5-13/h6,16-17H,1-5H2,(H,18,19). The molecule has 0 amide bonds. The minimum atomic E-state index is -1.34. The monoisotopic (exact) mass is 332 g/mol. The molecule has 1 aliphatic carbocycles. The van der Waals surface area contributed by atoms with Gasteiger partial charge in [-0.15, -0.1) is 0 Å². The maximum absolute atomic E-state index is 14.2. The largest absolute Gasteiger partial charge is 0.504 e. The number of benzene rings is 1. The van der Waals surface area contributed by atoms with E-state index in [2.05, 4.69) is 15.9 Å². The third-order valence-corrected chi connectivity index (χ3v) is 4.39. The van der Waals surface area contributed by atoms with E-state index >= 15 is 0 Å². The van der Waals surface area contributed by atoms with E-state index < -0.39 is 28.7 Å². The molecule has 19 heavy (non-hydrogen) atoms. The van der Waals surface area contributed by atoms with Gasteiger partial charge in [0.15, 0.2) is 17.3 Å². The Kier molecular flexibility index (Phi) is 3.71. The van der Waals surface area contributed by atoms with E-state index in [0.717, 1.165) is 12.5 Å². The number of phenols is 2. The predicted molar refractivity (Wildman–Crippen MR) is 69.8 cm³/mol. The van der Waals surface area contributed by atoms with Crippen LogP contribution in [0.5, 0.6) is 11.5 Å². The second kappa shape index (κ2) is 5.00. The Bertz CT molecular complexity index is 524. The fourth-order valence-electron chi connectivity index (χ4n) is 2.76. The van der Waals surface area contributed by atoms with E-state index in [1.54, 1.807) is 0 Å². The van der Waals surface area contributed by atoms with Crippen LogP contribution >= 0.6 is 15.9 Å². The van der Waals surface area contributed by atoms with E-state index in [1.807, 2.05) is 0 Å². The lowest BCUT2D eigenvalue weighted by molar-refractivity contribution is -0.145. The third kappa shape index (κ3) is 2.18. The van der Waals surface area contributed by atoms with Gasteiger partial charge in [-0.05, 0) is 18.9 Å². The fourth-order valence-corrected chi connectivity index (χ4v) is 3.53. The van der Waals surface area contributed by atoms with Crippen molar-refractivity contribution >= 4 is 21.9 Å². The Labute approximate surface area is 118 Å². The number of phenolic OH excluding ortho intramolecular Hbond substituents is 2. The molecular formula is C13H14BrFO4. The minimum Gasteiger partial charge on any atom is -0.504 e. The lowest BCUT2D eigenvalue weighted by atomic mass is 9.69. The number of rotatable bonds is 2. The van der Waals surface area contributed by atoms with Crippen molar-refractivity contribution in [3.05, 3.63) is 21.9 Å². The minimum absolute atomic E-state index is 0.0741. The molecule has 0 aromatic heterocycles. The average Bonchev–Trinajstić information content (AvgIpc) is 2.37. The highest BCUT2D eigenvalue weighted by Gasteiger charge is 2.45. The lowest BCUT2D eigenvalue weighted by Crippen LogP contribution is -2.39. The normalized spacial score (nSPS) is 18.2. The SMILES string of the molecule is O=C(O)C1(c2c(Br)cc(O)c(O)c2F)CCCCC1. The average molecular weight is 333 g/mol. The van der Waals surface area contributed by atoms with Gasteiger partial charge in [0.1, 0.15) is 0 Å². The molecule has 1 fully saturated rings. The van der Waals surface area contributed by atoms with Crippen molar-refractivity contribution in [3.8, 4) is 11.5 Å². The first-order chi connectivity index (χ1) is 8.90. The van der Waals surface area contributed by atoms with Crippen LogP contribution in [0.4, 0.5) is 4.39 Å². The Hall–Kier alpha value is -1.30. The van der Waals surface area contributed by atoms with Gasteiger partial charge in [0.2, 0.25) is 0 Å². The molecule has 4 nitrogen and oxygen atoms in total. The number of halogens is 2. The number of aromatic hydroxyl groups is 2. The summed E-state index contributed by atoms with van der Waals surface area (Å²) >= 11 is 3.10. The Morgan fingerprint density at radius 1 is 1.26 bits per heavy atom. The number of hydrogen-bond donors (Lipinski definition) is 3. The molecule has 0 saturated heterocycles. The van der Waals surface area contributed by atoms with Gasteiger partial charge in [0.25, 0.3) is 0 Å². The fraction of sp³-hybridized carbons (Fsp3) is 0.462. The zero-order valence-electron chi connectivity index (χ0n) is 10.1. The number of carboxylic acids is 1. The summed E-state index contributed by atoms with van der Waals surface area (Å²) in [5.74, 6) is -3.66. The molecule has 3 N–H and O–H groups in total. The molecule has 1 saturated carbocycles. The van der Waals surface area contributed by atoms with Crippen molar-refractivity contribution in [3.63, 3.8) is 0 Å². The van der Waals surface area contributed by atoms with Crippen molar-refractivity contribution in [2.45, 2.75) is 37.5 Å². The third-order valence-electron chi connectivity index (χ3n) is 3.77. The molecule has 1 aromatic carbocycles.